The van der Waals surface area contributed by atoms with Crippen LogP contribution in [0.4, 0.5) is 0 Å². The minimum Gasteiger partial charge on any atom is -0.394 e. The summed E-state index contributed by atoms with van der Waals surface area (Å²) in [5.74, 6) is -0.281. The van der Waals surface area contributed by atoms with Crippen molar-refractivity contribution in [2.75, 3.05) is 6.61 Å². The Bertz CT molecular complexity index is 1100. The molecule has 4 rings (SSSR count). The van der Waals surface area contributed by atoms with Crippen molar-refractivity contribution >= 4 is 17.1 Å². The molecule has 7 heteroatoms. The van der Waals surface area contributed by atoms with E-state index in [4.69, 9.17) is 0 Å². The van der Waals surface area contributed by atoms with Crippen molar-refractivity contribution in [3.8, 4) is 0 Å². The number of nitrogens with one attached hydrogen (secondary N) is 1. The second kappa shape index (κ2) is 8.62. The van der Waals surface area contributed by atoms with Gasteiger partial charge in [0.2, 0.25) is 0 Å². The SMILES string of the molecule is O=C(N[C@H](CO)Cc1ccccc1)c1cnc2c(c1)ncn2Cc1cccnc1. The fraction of sp³-hybridized carbons (Fsp3) is 0.182. The first-order valence-corrected chi connectivity index (χ1v) is 9.38. The monoisotopic (exact) mass is 387 g/mol. The number of hydrogen-bond acceptors (Lipinski definition) is 5. The van der Waals surface area contributed by atoms with Gasteiger partial charge >= 0.3 is 0 Å². The summed E-state index contributed by atoms with van der Waals surface area (Å²) in [7, 11) is 0. The van der Waals surface area contributed by atoms with Crippen LogP contribution in [0.2, 0.25) is 0 Å². The van der Waals surface area contributed by atoms with Crippen LogP contribution < -0.4 is 5.32 Å². The Hall–Kier alpha value is -3.58. The van der Waals surface area contributed by atoms with E-state index in [1.165, 1.54) is 6.20 Å². The second-order valence-electron chi connectivity index (χ2n) is 6.84. The predicted octanol–water partition coefficient (Wildman–Crippen LogP) is 2.21. The summed E-state index contributed by atoms with van der Waals surface area (Å²) < 4.78 is 1.92. The average molecular weight is 387 g/mol. The highest BCUT2D eigenvalue weighted by Crippen LogP contribution is 2.14. The molecule has 2 N–H and O–H groups in total. The second-order valence-corrected chi connectivity index (χ2v) is 6.84. The number of aromatic nitrogens is 4. The van der Waals surface area contributed by atoms with Crippen LogP contribution in [-0.4, -0.2) is 43.2 Å². The van der Waals surface area contributed by atoms with Gasteiger partial charge in [0.1, 0.15) is 5.52 Å². The van der Waals surface area contributed by atoms with Crippen LogP contribution in [0.25, 0.3) is 11.2 Å². The lowest BCUT2D eigenvalue weighted by atomic mass is 10.1. The fourth-order valence-corrected chi connectivity index (χ4v) is 3.21. The Labute approximate surface area is 168 Å². The number of benzene rings is 1. The molecule has 7 nitrogen and oxygen atoms in total. The lowest BCUT2D eigenvalue weighted by Crippen LogP contribution is -2.39. The molecule has 0 unspecified atom stereocenters. The molecule has 4 aromatic rings. The standard InChI is InChI=1S/C22H21N5O2/c28-14-19(9-16-5-2-1-3-6-16)26-22(29)18-10-20-21(24-12-18)27(15-25-20)13-17-7-4-8-23-11-17/h1-8,10-12,15,19,28H,9,13-14H2,(H,26,29)/t19-/m0/s1. The Morgan fingerprint density at radius 1 is 1.07 bits per heavy atom. The summed E-state index contributed by atoms with van der Waals surface area (Å²) in [6, 6.07) is 15.0. The number of imidazole rings is 1. The van der Waals surface area contributed by atoms with Gasteiger partial charge in [0.05, 0.1) is 31.1 Å². The van der Waals surface area contributed by atoms with Gasteiger partial charge in [0.25, 0.3) is 5.91 Å². The molecule has 0 radical (unpaired) electrons. The van der Waals surface area contributed by atoms with Crippen molar-refractivity contribution in [3.63, 3.8) is 0 Å². The lowest BCUT2D eigenvalue weighted by molar-refractivity contribution is 0.0916. The topological polar surface area (TPSA) is 92.9 Å². The molecule has 0 aliphatic heterocycles. The number of fused-ring (bicyclic) bond motifs is 1. The molecule has 0 bridgehead atoms. The lowest BCUT2D eigenvalue weighted by Gasteiger charge is -2.16. The summed E-state index contributed by atoms with van der Waals surface area (Å²) in [6.45, 7) is 0.461. The molecule has 1 amide bonds. The number of carbonyl (C=O) groups is 1. The first-order valence-electron chi connectivity index (χ1n) is 9.38. The number of nitrogens with zero attached hydrogens (tertiary/aromatic N) is 4. The Kier molecular flexibility index (Phi) is 5.58. The fourth-order valence-electron chi connectivity index (χ4n) is 3.21. The van der Waals surface area contributed by atoms with Gasteiger partial charge in [-0.05, 0) is 29.7 Å². The van der Waals surface area contributed by atoms with Crippen molar-refractivity contribution in [2.24, 2.45) is 0 Å². The smallest absolute Gasteiger partial charge is 0.253 e. The third kappa shape index (κ3) is 4.47. The van der Waals surface area contributed by atoms with Gasteiger partial charge in [0, 0.05) is 18.6 Å². The van der Waals surface area contributed by atoms with Crippen LogP contribution in [0.3, 0.4) is 0 Å². The summed E-state index contributed by atoms with van der Waals surface area (Å²) in [4.78, 5) is 25.6. The highest BCUT2D eigenvalue weighted by atomic mass is 16.3. The first kappa shape index (κ1) is 18.8. The molecule has 0 saturated heterocycles. The molecular formula is C22H21N5O2. The normalized spacial score (nSPS) is 12.0. The number of aliphatic hydroxyl groups excluding tert-OH is 1. The average Bonchev–Trinajstić information content (AvgIpc) is 3.16. The van der Waals surface area contributed by atoms with Crippen LogP contribution in [0.1, 0.15) is 21.5 Å². The molecule has 29 heavy (non-hydrogen) atoms. The van der Waals surface area contributed by atoms with Crippen LogP contribution in [0.5, 0.6) is 0 Å². The van der Waals surface area contributed by atoms with Gasteiger partial charge < -0.3 is 15.0 Å². The van der Waals surface area contributed by atoms with Gasteiger partial charge in [0.15, 0.2) is 5.65 Å². The maximum atomic E-state index is 12.6. The van der Waals surface area contributed by atoms with Crippen molar-refractivity contribution in [2.45, 2.75) is 19.0 Å². The third-order valence-corrected chi connectivity index (χ3v) is 4.67. The molecule has 1 aromatic carbocycles. The van der Waals surface area contributed by atoms with Crippen LogP contribution in [-0.2, 0) is 13.0 Å². The molecule has 0 aliphatic carbocycles. The summed E-state index contributed by atoms with van der Waals surface area (Å²) in [6.07, 6.45) is 7.33. The van der Waals surface area contributed by atoms with E-state index < -0.39 is 0 Å². The summed E-state index contributed by atoms with van der Waals surface area (Å²) in [5, 5.41) is 12.5. The van der Waals surface area contributed by atoms with Gasteiger partial charge in [-0.1, -0.05) is 36.4 Å². The minimum absolute atomic E-state index is 0.143. The maximum Gasteiger partial charge on any atom is 0.253 e. The molecule has 3 aromatic heterocycles. The highest BCUT2D eigenvalue weighted by molar-refractivity contribution is 5.96. The number of amides is 1. The summed E-state index contributed by atoms with van der Waals surface area (Å²) >= 11 is 0. The Morgan fingerprint density at radius 3 is 2.66 bits per heavy atom. The van der Waals surface area contributed by atoms with Gasteiger partial charge in [-0.15, -0.1) is 0 Å². The molecule has 146 valence electrons. The zero-order chi connectivity index (χ0) is 20.1. The maximum absolute atomic E-state index is 12.6. The molecule has 3 heterocycles. The van der Waals surface area contributed by atoms with Gasteiger partial charge in [-0.3, -0.25) is 9.78 Å². The molecule has 0 aliphatic rings. The predicted molar refractivity (Wildman–Crippen MR) is 109 cm³/mol. The molecule has 1 atom stereocenters. The van der Waals surface area contributed by atoms with E-state index in [0.29, 0.717) is 29.7 Å². The van der Waals surface area contributed by atoms with Gasteiger partial charge in [-0.2, -0.15) is 0 Å². The number of hydrogen-bond donors (Lipinski definition) is 2. The highest BCUT2D eigenvalue weighted by Gasteiger charge is 2.16. The molecule has 0 fully saturated rings. The minimum atomic E-state index is -0.372. The van der Waals surface area contributed by atoms with E-state index in [1.807, 2.05) is 47.0 Å². The number of rotatable bonds is 7. The van der Waals surface area contributed by atoms with Crippen molar-refractivity contribution in [3.05, 3.63) is 90.1 Å². The van der Waals surface area contributed by atoms with E-state index in [2.05, 4.69) is 20.3 Å². The van der Waals surface area contributed by atoms with Crippen molar-refractivity contribution in [1.82, 2.24) is 24.8 Å². The van der Waals surface area contributed by atoms with Crippen LogP contribution >= 0.6 is 0 Å². The van der Waals surface area contributed by atoms with E-state index >= 15 is 0 Å². The third-order valence-electron chi connectivity index (χ3n) is 4.67. The van der Waals surface area contributed by atoms with Crippen molar-refractivity contribution < 1.29 is 9.90 Å². The van der Waals surface area contributed by atoms with E-state index in [-0.39, 0.29) is 18.6 Å². The number of aliphatic hydroxyl groups is 1. The van der Waals surface area contributed by atoms with Crippen molar-refractivity contribution in [1.29, 1.82) is 0 Å². The van der Waals surface area contributed by atoms with Crippen LogP contribution in [0.15, 0.2) is 73.4 Å². The number of pyridine rings is 2. The number of carbonyl (C=O) groups excluding carboxylic acids is 1. The molecule has 0 saturated carbocycles. The largest absolute Gasteiger partial charge is 0.394 e. The quantitative estimate of drug-likeness (QED) is 0.507. The van der Waals surface area contributed by atoms with Gasteiger partial charge in [-0.25, -0.2) is 9.97 Å². The van der Waals surface area contributed by atoms with Crippen LogP contribution in [0, 0.1) is 0 Å². The zero-order valence-electron chi connectivity index (χ0n) is 15.8. The Morgan fingerprint density at radius 2 is 1.90 bits per heavy atom. The zero-order valence-corrected chi connectivity index (χ0v) is 15.8. The molecular weight excluding hydrogens is 366 g/mol. The summed E-state index contributed by atoms with van der Waals surface area (Å²) in [5.41, 5.74) is 3.85. The van der Waals surface area contributed by atoms with E-state index in [1.54, 1.807) is 24.8 Å². The first-order chi connectivity index (χ1) is 14.2. The van der Waals surface area contributed by atoms with E-state index in [9.17, 15) is 9.90 Å². The molecule has 0 spiro atoms. The Balaban J connectivity index is 1.48. The van der Waals surface area contributed by atoms with E-state index in [0.717, 1.165) is 11.1 Å².